The number of rotatable bonds is 4. The van der Waals surface area contributed by atoms with E-state index in [-0.39, 0.29) is 17.8 Å². The highest BCUT2D eigenvalue weighted by atomic mass is 16.5. The van der Waals surface area contributed by atoms with E-state index < -0.39 is 5.92 Å². The second-order valence-electron chi connectivity index (χ2n) is 6.49. The van der Waals surface area contributed by atoms with Gasteiger partial charge in [0.2, 0.25) is 0 Å². The lowest BCUT2D eigenvalue weighted by atomic mass is 10.0. The van der Waals surface area contributed by atoms with Gasteiger partial charge in [-0.25, -0.2) is 0 Å². The molecule has 2 aromatic rings. The number of hydrogen-bond donors (Lipinski definition) is 0. The van der Waals surface area contributed by atoms with Crippen molar-refractivity contribution in [2.45, 2.75) is 39.2 Å². The molecule has 1 amide bonds. The molecule has 1 aliphatic rings. The van der Waals surface area contributed by atoms with Crippen LogP contribution < -0.4 is 4.90 Å². The molecule has 1 aliphatic heterocycles. The zero-order valence-corrected chi connectivity index (χ0v) is 15.0. The highest BCUT2D eigenvalue weighted by Crippen LogP contribution is 2.38. The number of amides is 1. The van der Waals surface area contributed by atoms with Gasteiger partial charge in [0.1, 0.15) is 5.92 Å². The molecule has 0 unspecified atom stereocenters. The van der Waals surface area contributed by atoms with Gasteiger partial charge in [-0.2, -0.15) is 5.10 Å². The van der Waals surface area contributed by atoms with E-state index >= 15 is 0 Å². The van der Waals surface area contributed by atoms with Crippen molar-refractivity contribution in [1.82, 2.24) is 9.78 Å². The molecule has 0 saturated heterocycles. The number of para-hydroxylation sites is 1. The van der Waals surface area contributed by atoms with Crippen LogP contribution in [0.25, 0.3) is 0 Å². The van der Waals surface area contributed by atoms with Gasteiger partial charge in [0, 0.05) is 25.0 Å². The third-order valence-electron chi connectivity index (χ3n) is 4.59. The Labute approximate surface area is 147 Å². The Morgan fingerprint density at radius 1 is 1.32 bits per heavy atom. The molecule has 25 heavy (non-hydrogen) atoms. The van der Waals surface area contributed by atoms with Gasteiger partial charge in [0.25, 0.3) is 5.91 Å². The average Bonchev–Trinajstić information content (AvgIpc) is 3.22. The largest absolute Gasteiger partial charge is 0.468 e. The molecular formula is C19H23N3O3. The van der Waals surface area contributed by atoms with Gasteiger partial charge in [0.05, 0.1) is 18.4 Å². The zero-order valence-electron chi connectivity index (χ0n) is 15.0. The summed E-state index contributed by atoms with van der Waals surface area (Å²) in [4.78, 5) is 27.0. The van der Waals surface area contributed by atoms with Crippen molar-refractivity contribution < 1.29 is 14.3 Å². The average molecular weight is 341 g/mol. The highest BCUT2D eigenvalue weighted by molar-refractivity contribution is 6.09. The minimum Gasteiger partial charge on any atom is -0.468 e. The fraction of sp³-hybridized carbons (Fsp3) is 0.421. The molecule has 0 fully saturated rings. The molecule has 0 N–H and O–H groups in total. The van der Waals surface area contributed by atoms with Gasteiger partial charge >= 0.3 is 5.97 Å². The Balaban J connectivity index is 2.01. The minimum absolute atomic E-state index is 0.123. The number of aryl methyl sites for hydroxylation is 1. The second kappa shape index (κ2) is 6.70. The van der Waals surface area contributed by atoms with E-state index in [1.807, 2.05) is 45.0 Å². The zero-order chi connectivity index (χ0) is 18.1. The first-order chi connectivity index (χ1) is 12.0. The third kappa shape index (κ3) is 2.92. The normalized spacial score (nSPS) is 16.2. The third-order valence-corrected chi connectivity index (χ3v) is 4.59. The molecule has 6 heteroatoms. The summed E-state index contributed by atoms with van der Waals surface area (Å²) in [5, 5.41) is 4.52. The SMILES string of the molecule is CCn1cc(C(=O)N2C[C@@H](C(=O)OC)c3ccccc32)c(C(C)C)n1. The molecule has 132 valence electrons. The summed E-state index contributed by atoms with van der Waals surface area (Å²) in [5.41, 5.74) is 2.97. The van der Waals surface area contributed by atoms with Crippen molar-refractivity contribution in [3.63, 3.8) is 0 Å². The van der Waals surface area contributed by atoms with Gasteiger partial charge in [-0.3, -0.25) is 14.3 Å². The maximum absolute atomic E-state index is 13.2. The summed E-state index contributed by atoms with van der Waals surface area (Å²) < 4.78 is 6.69. The van der Waals surface area contributed by atoms with Crippen LogP contribution >= 0.6 is 0 Å². The number of fused-ring (bicyclic) bond motifs is 1. The quantitative estimate of drug-likeness (QED) is 0.802. The van der Waals surface area contributed by atoms with Crippen LogP contribution in [0.1, 0.15) is 54.2 Å². The van der Waals surface area contributed by atoms with Crippen LogP contribution in [-0.2, 0) is 16.1 Å². The molecule has 2 heterocycles. The lowest BCUT2D eigenvalue weighted by molar-refractivity contribution is -0.141. The van der Waals surface area contributed by atoms with Crippen LogP contribution in [0.5, 0.6) is 0 Å². The van der Waals surface area contributed by atoms with E-state index in [1.165, 1.54) is 7.11 Å². The second-order valence-corrected chi connectivity index (χ2v) is 6.49. The van der Waals surface area contributed by atoms with E-state index in [0.717, 1.165) is 16.9 Å². The number of carbonyl (C=O) groups is 2. The first kappa shape index (κ1) is 17.2. The number of hydrogen-bond acceptors (Lipinski definition) is 4. The van der Waals surface area contributed by atoms with E-state index in [0.29, 0.717) is 18.7 Å². The van der Waals surface area contributed by atoms with Crippen LogP contribution in [-0.4, -0.2) is 35.3 Å². The Morgan fingerprint density at radius 3 is 2.68 bits per heavy atom. The van der Waals surface area contributed by atoms with Gasteiger partial charge in [-0.15, -0.1) is 0 Å². The van der Waals surface area contributed by atoms with E-state index in [4.69, 9.17) is 4.74 Å². The van der Waals surface area contributed by atoms with Crippen LogP contribution in [0.15, 0.2) is 30.5 Å². The minimum atomic E-state index is -0.450. The van der Waals surface area contributed by atoms with Crippen LogP contribution in [0.2, 0.25) is 0 Å². The van der Waals surface area contributed by atoms with E-state index in [1.54, 1.807) is 15.8 Å². The van der Waals surface area contributed by atoms with E-state index in [2.05, 4.69) is 5.10 Å². The van der Waals surface area contributed by atoms with Gasteiger partial charge in [-0.1, -0.05) is 32.0 Å². The topological polar surface area (TPSA) is 64.4 Å². The fourth-order valence-corrected chi connectivity index (χ4v) is 3.28. The summed E-state index contributed by atoms with van der Waals surface area (Å²) in [6.45, 7) is 7.03. The number of methoxy groups -OCH3 is 1. The Hall–Kier alpha value is -2.63. The fourth-order valence-electron chi connectivity index (χ4n) is 3.28. The number of benzene rings is 1. The summed E-state index contributed by atoms with van der Waals surface area (Å²) in [6, 6.07) is 7.49. The maximum Gasteiger partial charge on any atom is 0.315 e. The van der Waals surface area contributed by atoms with E-state index in [9.17, 15) is 9.59 Å². The predicted molar refractivity (Wildman–Crippen MR) is 94.9 cm³/mol. The molecule has 0 saturated carbocycles. The molecule has 1 aromatic carbocycles. The van der Waals surface area contributed by atoms with Gasteiger partial charge < -0.3 is 9.64 Å². The number of anilines is 1. The first-order valence-electron chi connectivity index (χ1n) is 8.53. The van der Waals surface area contributed by atoms with Crippen LogP contribution in [0.4, 0.5) is 5.69 Å². The molecule has 1 atom stereocenters. The standard InChI is InChI=1S/C19H23N3O3/c1-5-21-10-15(17(20-21)12(2)3)18(23)22-11-14(19(24)25-4)13-8-6-7-9-16(13)22/h6-10,12,14H,5,11H2,1-4H3/t14-/m1/s1. The summed E-state index contributed by atoms with van der Waals surface area (Å²) in [6.07, 6.45) is 1.80. The number of carbonyl (C=O) groups excluding carboxylic acids is 2. The summed E-state index contributed by atoms with van der Waals surface area (Å²) >= 11 is 0. The van der Waals surface area contributed by atoms with Gasteiger partial charge in [-0.05, 0) is 24.5 Å². The molecule has 0 radical (unpaired) electrons. The first-order valence-corrected chi connectivity index (χ1v) is 8.53. The molecular weight excluding hydrogens is 318 g/mol. The molecule has 6 nitrogen and oxygen atoms in total. The van der Waals surface area contributed by atoms with Crippen LogP contribution in [0.3, 0.4) is 0 Å². The monoisotopic (exact) mass is 341 g/mol. The molecule has 0 aliphatic carbocycles. The van der Waals surface area contributed by atoms with Gasteiger partial charge in [0.15, 0.2) is 0 Å². The van der Waals surface area contributed by atoms with Crippen molar-refractivity contribution >= 4 is 17.6 Å². The lowest BCUT2D eigenvalue weighted by Gasteiger charge is -2.18. The van der Waals surface area contributed by atoms with Crippen molar-refractivity contribution in [3.05, 3.63) is 47.3 Å². The number of esters is 1. The summed E-state index contributed by atoms with van der Waals surface area (Å²) in [5.74, 6) is -0.756. The molecule has 0 bridgehead atoms. The molecule has 1 aromatic heterocycles. The lowest BCUT2D eigenvalue weighted by Crippen LogP contribution is -2.32. The number of aromatic nitrogens is 2. The van der Waals surface area contributed by atoms with Crippen molar-refractivity contribution in [2.75, 3.05) is 18.6 Å². The molecule has 0 spiro atoms. The van der Waals surface area contributed by atoms with Crippen molar-refractivity contribution in [3.8, 4) is 0 Å². The van der Waals surface area contributed by atoms with Crippen LogP contribution in [0, 0.1) is 0 Å². The smallest absolute Gasteiger partial charge is 0.315 e. The number of nitrogens with zero attached hydrogens (tertiary/aromatic N) is 3. The van der Waals surface area contributed by atoms with Crippen molar-refractivity contribution in [2.24, 2.45) is 0 Å². The Kier molecular flexibility index (Phi) is 4.61. The summed E-state index contributed by atoms with van der Waals surface area (Å²) in [7, 11) is 1.37. The highest BCUT2D eigenvalue weighted by Gasteiger charge is 2.38. The Morgan fingerprint density at radius 2 is 2.04 bits per heavy atom. The predicted octanol–water partition coefficient (Wildman–Crippen LogP) is 2.94. The van der Waals surface area contributed by atoms with Crippen molar-refractivity contribution in [1.29, 1.82) is 0 Å². The molecule has 3 rings (SSSR count). The Bertz CT molecular complexity index is 810. The maximum atomic E-state index is 13.2. The number of ether oxygens (including phenoxy) is 1.